The Hall–Kier alpha value is -2.68. The van der Waals surface area contributed by atoms with Gasteiger partial charge in [0.2, 0.25) is 5.91 Å². The van der Waals surface area contributed by atoms with Gasteiger partial charge in [-0.15, -0.1) is 0 Å². The van der Waals surface area contributed by atoms with Crippen LogP contribution in [-0.4, -0.2) is 55.9 Å². The SMILES string of the molecule is O=C(Cn1cc(S(=O)(=O)Cc2ccccc2)c2ccccc21)N1CCC2(CC1)OCCO2. The highest BCUT2D eigenvalue weighted by atomic mass is 32.2. The van der Waals surface area contributed by atoms with Crippen molar-refractivity contribution in [3.05, 3.63) is 66.4 Å². The minimum atomic E-state index is -3.57. The van der Waals surface area contributed by atoms with E-state index >= 15 is 0 Å². The summed E-state index contributed by atoms with van der Waals surface area (Å²) in [5.41, 5.74) is 1.47. The summed E-state index contributed by atoms with van der Waals surface area (Å²) in [5, 5.41) is 0.640. The molecule has 0 bridgehead atoms. The van der Waals surface area contributed by atoms with Crippen molar-refractivity contribution in [3.8, 4) is 0 Å². The van der Waals surface area contributed by atoms with Crippen molar-refractivity contribution < 1.29 is 22.7 Å². The second kappa shape index (κ2) is 8.35. The Bertz CT molecular complexity index is 1220. The number of rotatable bonds is 5. The van der Waals surface area contributed by atoms with Crippen LogP contribution in [0.2, 0.25) is 0 Å². The molecule has 2 fully saturated rings. The molecule has 1 spiro atoms. The Labute approximate surface area is 187 Å². The lowest BCUT2D eigenvalue weighted by Crippen LogP contribution is -2.48. The van der Waals surface area contributed by atoms with Crippen molar-refractivity contribution in [1.82, 2.24) is 9.47 Å². The summed E-state index contributed by atoms with van der Waals surface area (Å²) in [6, 6.07) is 16.5. The van der Waals surface area contributed by atoms with E-state index in [2.05, 4.69) is 0 Å². The number of carbonyl (C=O) groups excluding carboxylic acids is 1. The maximum Gasteiger partial charge on any atom is 0.242 e. The first-order valence-corrected chi connectivity index (χ1v) is 12.5. The first-order valence-electron chi connectivity index (χ1n) is 10.9. The zero-order valence-corrected chi connectivity index (χ0v) is 18.6. The second-order valence-corrected chi connectivity index (χ2v) is 10.3. The molecule has 8 heteroatoms. The fourth-order valence-corrected chi connectivity index (χ4v) is 6.17. The standard InChI is InChI=1S/C24H26N2O5S/c27-23(25-12-10-24(11-13-25)30-14-15-31-24)17-26-16-22(20-8-4-5-9-21(20)26)32(28,29)18-19-6-2-1-3-7-19/h1-9,16H,10-15,17-18H2. The largest absolute Gasteiger partial charge is 0.347 e. The van der Waals surface area contributed by atoms with Crippen LogP contribution in [0.5, 0.6) is 0 Å². The van der Waals surface area contributed by atoms with Crippen molar-refractivity contribution in [3.63, 3.8) is 0 Å². The van der Waals surface area contributed by atoms with E-state index in [4.69, 9.17) is 9.47 Å². The Morgan fingerprint density at radius 2 is 1.59 bits per heavy atom. The molecule has 0 unspecified atom stereocenters. The van der Waals surface area contributed by atoms with Crippen LogP contribution in [0.25, 0.3) is 10.9 Å². The minimum absolute atomic E-state index is 0.0365. The van der Waals surface area contributed by atoms with Gasteiger partial charge in [0.25, 0.3) is 0 Å². The number of fused-ring (bicyclic) bond motifs is 1. The molecule has 1 aromatic heterocycles. The van der Waals surface area contributed by atoms with E-state index in [1.807, 2.05) is 41.3 Å². The zero-order valence-electron chi connectivity index (χ0n) is 17.8. The Kier molecular flexibility index (Phi) is 5.53. The maximum absolute atomic E-state index is 13.2. The number of amides is 1. The molecule has 0 N–H and O–H groups in total. The fourth-order valence-electron chi connectivity index (χ4n) is 4.59. The van der Waals surface area contributed by atoms with Crippen molar-refractivity contribution in [1.29, 1.82) is 0 Å². The van der Waals surface area contributed by atoms with Crippen LogP contribution in [0, 0.1) is 0 Å². The monoisotopic (exact) mass is 454 g/mol. The fraction of sp³-hybridized carbons (Fsp3) is 0.375. The number of aromatic nitrogens is 1. The number of hydrogen-bond donors (Lipinski definition) is 0. The van der Waals surface area contributed by atoms with Gasteiger partial charge in [0.1, 0.15) is 6.54 Å². The molecule has 7 nitrogen and oxygen atoms in total. The number of sulfone groups is 1. The molecule has 3 aromatic rings. The van der Waals surface area contributed by atoms with E-state index in [0.717, 1.165) is 11.1 Å². The first kappa shape index (κ1) is 21.2. The lowest BCUT2D eigenvalue weighted by molar-refractivity contribution is -0.187. The molecule has 3 heterocycles. The molecule has 5 rings (SSSR count). The molecule has 0 radical (unpaired) electrons. The molecule has 2 aliphatic heterocycles. The Balaban J connectivity index is 1.37. The number of likely N-dealkylation sites (tertiary alicyclic amines) is 1. The number of carbonyl (C=O) groups is 1. The summed E-state index contributed by atoms with van der Waals surface area (Å²) in [6.07, 6.45) is 2.92. The number of ether oxygens (including phenoxy) is 2. The normalized spacial score (nSPS) is 18.4. The van der Waals surface area contributed by atoms with Gasteiger partial charge < -0.3 is 18.9 Å². The van der Waals surface area contributed by atoms with Crippen molar-refractivity contribution in [2.75, 3.05) is 26.3 Å². The van der Waals surface area contributed by atoms with Gasteiger partial charge >= 0.3 is 0 Å². The smallest absolute Gasteiger partial charge is 0.242 e. The van der Waals surface area contributed by atoms with Gasteiger partial charge in [0.05, 0.1) is 23.9 Å². The molecule has 0 saturated carbocycles. The predicted molar refractivity (Wildman–Crippen MR) is 120 cm³/mol. The van der Waals surface area contributed by atoms with Crippen molar-refractivity contribution >= 4 is 26.6 Å². The van der Waals surface area contributed by atoms with Crippen LogP contribution < -0.4 is 0 Å². The van der Waals surface area contributed by atoms with Gasteiger partial charge in [-0.25, -0.2) is 8.42 Å². The van der Waals surface area contributed by atoms with Crippen LogP contribution >= 0.6 is 0 Å². The van der Waals surface area contributed by atoms with Crippen LogP contribution in [0.15, 0.2) is 65.7 Å². The van der Waals surface area contributed by atoms with Crippen molar-refractivity contribution in [2.45, 2.75) is 35.8 Å². The van der Waals surface area contributed by atoms with E-state index in [9.17, 15) is 13.2 Å². The minimum Gasteiger partial charge on any atom is -0.347 e. The van der Waals surface area contributed by atoms with Crippen LogP contribution in [0.4, 0.5) is 0 Å². The molecule has 2 saturated heterocycles. The van der Waals surface area contributed by atoms with Gasteiger partial charge in [0, 0.05) is 43.0 Å². The van der Waals surface area contributed by atoms with E-state index in [1.165, 1.54) is 0 Å². The van der Waals surface area contributed by atoms with Gasteiger partial charge in [-0.2, -0.15) is 0 Å². The second-order valence-electron chi connectivity index (χ2n) is 8.37. The molecular formula is C24H26N2O5S. The molecule has 1 amide bonds. The van der Waals surface area contributed by atoms with Gasteiger partial charge in [-0.1, -0.05) is 48.5 Å². The van der Waals surface area contributed by atoms with E-state index in [-0.39, 0.29) is 23.1 Å². The van der Waals surface area contributed by atoms with Gasteiger partial charge in [-0.05, 0) is 11.6 Å². The highest BCUT2D eigenvalue weighted by Crippen LogP contribution is 2.32. The predicted octanol–water partition coefficient (Wildman–Crippen LogP) is 2.98. The van der Waals surface area contributed by atoms with Gasteiger partial charge in [-0.3, -0.25) is 4.79 Å². The molecule has 2 aliphatic rings. The number of hydrogen-bond acceptors (Lipinski definition) is 5. The molecular weight excluding hydrogens is 428 g/mol. The summed E-state index contributed by atoms with van der Waals surface area (Å²) in [7, 11) is -3.57. The summed E-state index contributed by atoms with van der Waals surface area (Å²) in [6.45, 7) is 2.43. The van der Waals surface area contributed by atoms with Crippen LogP contribution in [0.1, 0.15) is 18.4 Å². The van der Waals surface area contributed by atoms with E-state index in [1.54, 1.807) is 29.0 Å². The summed E-state index contributed by atoms with van der Waals surface area (Å²) < 4.78 is 39.7. The summed E-state index contributed by atoms with van der Waals surface area (Å²) in [4.78, 5) is 15.1. The Morgan fingerprint density at radius 3 is 2.31 bits per heavy atom. The quantitative estimate of drug-likeness (QED) is 0.592. The summed E-state index contributed by atoms with van der Waals surface area (Å²) >= 11 is 0. The molecule has 2 aromatic carbocycles. The van der Waals surface area contributed by atoms with E-state index < -0.39 is 15.6 Å². The van der Waals surface area contributed by atoms with E-state index in [0.29, 0.717) is 44.5 Å². The van der Waals surface area contributed by atoms with Crippen LogP contribution in [0.3, 0.4) is 0 Å². The highest BCUT2D eigenvalue weighted by Gasteiger charge is 2.40. The molecule has 32 heavy (non-hydrogen) atoms. The van der Waals surface area contributed by atoms with Crippen molar-refractivity contribution in [2.24, 2.45) is 0 Å². The number of piperidine rings is 1. The topological polar surface area (TPSA) is 77.8 Å². The molecule has 168 valence electrons. The average Bonchev–Trinajstić information content (AvgIpc) is 3.40. The highest BCUT2D eigenvalue weighted by molar-refractivity contribution is 7.90. The zero-order chi connectivity index (χ0) is 22.2. The lowest BCUT2D eigenvalue weighted by Gasteiger charge is -2.37. The first-order chi connectivity index (χ1) is 15.5. The van der Waals surface area contributed by atoms with Gasteiger partial charge in [0.15, 0.2) is 15.6 Å². The number of benzene rings is 2. The third-order valence-corrected chi connectivity index (χ3v) is 7.99. The number of para-hydroxylation sites is 1. The number of nitrogens with zero attached hydrogens (tertiary/aromatic N) is 2. The molecule has 0 atom stereocenters. The lowest BCUT2D eigenvalue weighted by atomic mass is 10.0. The molecule has 0 aliphatic carbocycles. The summed E-state index contributed by atoms with van der Waals surface area (Å²) in [5.74, 6) is -0.648. The van der Waals surface area contributed by atoms with Crippen LogP contribution in [-0.2, 0) is 36.4 Å². The third-order valence-electron chi connectivity index (χ3n) is 6.28. The average molecular weight is 455 g/mol. The maximum atomic E-state index is 13.2. The third kappa shape index (κ3) is 4.05. The Morgan fingerprint density at radius 1 is 0.938 bits per heavy atom.